The summed E-state index contributed by atoms with van der Waals surface area (Å²) in [6, 6.07) is 5.51. The van der Waals surface area contributed by atoms with E-state index in [0.29, 0.717) is 17.2 Å². The number of fused-ring (bicyclic) bond motifs is 1. The van der Waals surface area contributed by atoms with Gasteiger partial charge in [-0.05, 0) is 19.1 Å². The van der Waals surface area contributed by atoms with Crippen molar-refractivity contribution in [3.05, 3.63) is 30.4 Å². The number of nitrogens with one attached hydrogen (secondary N) is 2. The minimum Gasteiger partial charge on any atom is -0.497 e. The molecule has 7 nitrogen and oxygen atoms in total. The number of anilines is 2. The molecule has 0 saturated carbocycles. The molecule has 2 aromatic heterocycles. The lowest BCUT2D eigenvalue weighted by atomic mass is 10.2. The summed E-state index contributed by atoms with van der Waals surface area (Å²) in [5.41, 5.74) is 2.12. The van der Waals surface area contributed by atoms with Crippen molar-refractivity contribution in [2.24, 2.45) is 0 Å². The average molecular weight is 285 g/mol. The molecule has 0 bridgehead atoms. The third-order valence-corrected chi connectivity index (χ3v) is 3.07. The highest BCUT2D eigenvalue weighted by Gasteiger charge is 2.11. The molecule has 0 radical (unpaired) electrons. The van der Waals surface area contributed by atoms with Crippen LogP contribution in [0.3, 0.4) is 0 Å². The zero-order valence-corrected chi connectivity index (χ0v) is 12.0. The number of hydrogen-bond donors (Lipinski definition) is 2. The predicted molar refractivity (Wildman–Crippen MR) is 79.2 cm³/mol. The normalized spacial score (nSPS) is 10.6. The van der Waals surface area contributed by atoms with Crippen LogP contribution in [0.2, 0.25) is 0 Å². The maximum atomic E-state index is 5.35. The zero-order chi connectivity index (χ0) is 14.8. The van der Waals surface area contributed by atoms with Crippen LogP contribution >= 0.6 is 0 Å². The molecular weight excluding hydrogens is 270 g/mol. The van der Waals surface area contributed by atoms with Gasteiger partial charge < -0.3 is 19.8 Å². The van der Waals surface area contributed by atoms with Gasteiger partial charge in [-0.1, -0.05) is 0 Å². The van der Waals surface area contributed by atoms with E-state index in [4.69, 9.17) is 9.47 Å². The number of ether oxygens (including phenoxy) is 2. The minimum absolute atomic E-state index is 0.617. The van der Waals surface area contributed by atoms with Gasteiger partial charge in [-0.25, -0.2) is 15.0 Å². The lowest BCUT2D eigenvalue weighted by Gasteiger charge is -2.12. The number of hydrogen-bond acceptors (Lipinski definition) is 6. The Kier molecular flexibility index (Phi) is 3.31. The summed E-state index contributed by atoms with van der Waals surface area (Å²) in [6.45, 7) is 1.87. The second kappa shape index (κ2) is 5.28. The summed E-state index contributed by atoms with van der Waals surface area (Å²) in [5.74, 6) is 2.83. The summed E-state index contributed by atoms with van der Waals surface area (Å²) < 4.78 is 10.6. The lowest BCUT2D eigenvalue weighted by Crippen LogP contribution is -1.99. The van der Waals surface area contributed by atoms with Crippen LogP contribution in [0, 0.1) is 6.92 Å². The van der Waals surface area contributed by atoms with E-state index in [1.165, 1.54) is 6.33 Å². The monoisotopic (exact) mass is 285 g/mol. The maximum Gasteiger partial charge on any atom is 0.183 e. The molecule has 0 amide bonds. The molecule has 1 aromatic carbocycles. The van der Waals surface area contributed by atoms with Crippen molar-refractivity contribution in [1.82, 2.24) is 19.9 Å². The first kappa shape index (κ1) is 13.2. The fourth-order valence-electron chi connectivity index (χ4n) is 2.08. The van der Waals surface area contributed by atoms with E-state index < -0.39 is 0 Å². The summed E-state index contributed by atoms with van der Waals surface area (Å²) >= 11 is 0. The highest BCUT2D eigenvalue weighted by molar-refractivity contribution is 5.86. The highest BCUT2D eigenvalue weighted by Crippen LogP contribution is 2.32. The second-order valence-electron chi connectivity index (χ2n) is 4.43. The number of aryl methyl sites for hydroxylation is 1. The van der Waals surface area contributed by atoms with Crippen molar-refractivity contribution in [2.75, 3.05) is 19.5 Å². The van der Waals surface area contributed by atoms with E-state index in [0.717, 1.165) is 22.8 Å². The van der Waals surface area contributed by atoms with Gasteiger partial charge in [0.15, 0.2) is 11.5 Å². The Balaban J connectivity index is 2.05. The van der Waals surface area contributed by atoms with Crippen LogP contribution in [0.4, 0.5) is 11.5 Å². The highest BCUT2D eigenvalue weighted by atomic mass is 16.5. The minimum atomic E-state index is 0.617. The molecule has 0 atom stereocenters. The van der Waals surface area contributed by atoms with Crippen LogP contribution in [0.15, 0.2) is 24.5 Å². The Morgan fingerprint density at radius 2 is 2.00 bits per heavy atom. The van der Waals surface area contributed by atoms with E-state index in [-0.39, 0.29) is 0 Å². The van der Waals surface area contributed by atoms with Crippen LogP contribution in [0.1, 0.15) is 5.82 Å². The SMILES string of the molecule is COc1ccc(OC)c(Nc2ncnc3nc(C)[nH]c23)c1. The first-order valence-electron chi connectivity index (χ1n) is 6.37. The van der Waals surface area contributed by atoms with Crippen LogP contribution < -0.4 is 14.8 Å². The molecule has 21 heavy (non-hydrogen) atoms. The molecule has 108 valence electrons. The number of methoxy groups -OCH3 is 2. The van der Waals surface area contributed by atoms with Gasteiger partial charge in [-0.2, -0.15) is 0 Å². The van der Waals surface area contributed by atoms with Gasteiger partial charge in [-0.3, -0.25) is 0 Å². The fraction of sp³-hybridized carbons (Fsp3) is 0.214. The van der Waals surface area contributed by atoms with Crippen molar-refractivity contribution in [3.63, 3.8) is 0 Å². The van der Waals surface area contributed by atoms with E-state index in [1.54, 1.807) is 14.2 Å². The van der Waals surface area contributed by atoms with Crippen molar-refractivity contribution >= 4 is 22.7 Å². The molecule has 3 aromatic rings. The second-order valence-corrected chi connectivity index (χ2v) is 4.43. The molecule has 0 aliphatic heterocycles. The Morgan fingerprint density at radius 3 is 2.76 bits per heavy atom. The molecule has 7 heteroatoms. The number of rotatable bonds is 4. The third-order valence-electron chi connectivity index (χ3n) is 3.07. The molecule has 0 fully saturated rings. The molecule has 0 spiro atoms. The molecule has 0 saturated heterocycles. The van der Waals surface area contributed by atoms with E-state index in [1.807, 2.05) is 25.1 Å². The number of H-pyrrole nitrogens is 1. The zero-order valence-electron chi connectivity index (χ0n) is 12.0. The summed E-state index contributed by atoms with van der Waals surface area (Å²) in [5, 5.41) is 3.23. The Bertz CT molecular complexity index is 784. The van der Waals surface area contributed by atoms with Gasteiger partial charge in [-0.15, -0.1) is 0 Å². The van der Waals surface area contributed by atoms with Crippen LogP contribution in [0.25, 0.3) is 11.2 Å². The first-order valence-corrected chi connectivity index (χ1v) is 6.37. The number of benzene rings is 1. The molecule has 0 aliphatic carbocycles. The van der Waals surface area contributed by atoms with Crippen molar-refractivity contribution in [1.29, 1.82) is 0 Å². The Hall–Kier alpha value is -2.83. The van der Waals surface area contributed by atoms with Gasteiger partial charge in [0.2, 0.25) is 0 Å². The quantitative estimate of drug-likeness (QED) is 0.765. The van der Waals surface area contributed by atoms with Crippen LogP contribution in [0.5, 0.6) is 11.5 Å². The van der Waals surface area contributed by atoms with Crippen LogP contribution in [-0.4, -0.2) is 34.2 Å². The number of nitrogens with zero attached hydrogens (tertiary/aromatic N) is 3. The van der Waals surface area contributed by atoms with Crippen molar-refractivity contribution < 1.29 is 9.47 Å². The topological polar surface area (TPSA) is 84.9 Å². The van der Waals surface area contributed by atoms with E-state index >= 15 is 0 Å². The Morgan fingerprint density at radius 1 is 1.14 bits per heavy atom. The maximum absolute atomic E-state index is 5.35. The van der Waals surface area contributed by atoms with Crippen molar-refractivity contribution in [3.8, 4) is 11.5 Å². The number of aromatic nitrogens is 4. The average Bonchev–Trinajstić information content (AvgIpc) is 2.88. The van der Waals surface area contributed by atoms with Gasteiger partial charge in [0.05, 0.1) is 19.9 Å². The fourth-order valence-corrected chi connectivity index (χ4v) is 2.08. The molecule has 3 rings (SSSR count). The van der Waals surface area contributed by atoms with Gasteiger partial charge >= 0.3 is 0 Å². The summed E-state index contributed by atoms with van der Waals surface area (Å²) in [6.07, 6.45) is 1.47. The molecule has 0 unspecified atom stereocenters. The van der Waals surface area contributed by atoms with E-state index in [9.17, 15) is 0 Å². The number of aromatic amines is 1. The number of imidazole rings is 1. The molecule has 0 aliphatic rings. The van der Waals surface area contributed by atoms with Gasteiger partial charge in [0.25, 0.3) is 0 Å². The molecule has 2 N–H and O–H groups in total. The van der Waals surface area contributed by atoms with E-state index in [2.05, 4.69) is 25.3 Å². The predicted octanol–water partition coefficient (Wildman–Crippen LogP) is 2.42. The van der Waals surface area contributed by atoms with Gasteiger partial charge in [0, 0.05) is 6.07 Å². The van der Waals surface area contributed by atoms with Crippen molar-refractivity contribution in [2.45, 2.75) is 6.92 Å². The Labute approximate surface area is 121 Å². The third kappa shape index (κ3) is 2.45. The molecular formula is C14H15N5O2. The molecule has 2 heterocycles. The smallest absolute Gasteiger partial charge is 0.183 e. The van der Waals surface area contributed by atoms with Crippen LogP contribution in [-0.2, 0) is 0 Å². The largest absolute Gasteiger partial charge is 0.497 e. The first-order chi connectivity index (χ1) is 10.2. The lowest BCUT2D eigenvalue weighted by molar-refractivity contribution is 0.405. The summed E-state index contributed by atoms with van der Waals surface area (Å²) in [4.78, 5) is 15.8. The summed E-state index contributed by atoms with van der Waals surface area (Å²) in [7, 11) is 3.23. The van der Waals surface area contributed by atoms with Gasteiger partial charge in [0.1, 0.15) is 29.2 Å². The standard InChI is InChI=1S/C14H15N5O2/c1-8-17-12-13(18-8)15-7-16-14(12)19-10-6-9(20-2)4-5-11(10)21-3/h4-7H,1-3H3,(H2,15,16,17,18,19).